The van der Waals surface area contributed by atoms with Crippen LogP contribution in [0.15, 0.2) is 78.6 Å². The molecule has 3 aromatic carbocycles. The number of anilines is 1. The molecule has 2 aliphatic rings. The number of piperidine rings is 1. The number of amides is 2. The normalized spacial score (nSPS) is 20.2. The Kier molecular flexibility index (Phi) is 8.66. The Hall–Kier alpha value is -3.90. The van der Waals surface area contributed by atoms with Gasteiger partial charge in [-0.05, 0) is 81.5 Å². The first-order valence-electron chi connectivity index (χ1n) is 14.4. The highest BCUT2D eigenvalue weighted by Crippen LogP contribution is 2.36. The number of carbonyl (C=O) groups excluding carboxylic acids is 2. The van der Waals surface area contributed by atoms with Crippen molar-refractivity contribution in [1.82, 2.24) is 10.2 Å². The average Bonchev–Trinajstić information content (AvgIpc) is 2.95. The quantitative estimate of drug-likeness (QED) is 0.269. The minimum Gasteiger partial charge on any atom is -0.449 e. The van der Waals surface area contributed by atoms with Crippen LogP contribution in [0.3, 0.4) is 0 Å². The number of likely N-dealkylation sites (tertiary alicyclic amines) is 1. The standard InChI is InChI=1S/C34H39N3O3/c1-24-9-6-12-28(21-24)23-37-30-13-4-5-14-31(30)40-32(34(37)39)22-27-15-17-29(18-16-27)33(38)35-19-8-20-36-25(2)10-7-11-26(36)3/h4-6,9,12-18,21-22,25-26H,7-8,10-11,19-20,23H2,1-3H3,(H,35,38)/b32-22+/t25-,26-/m1/s1. The molecule has 2 aliphatic heterocycles. The van der Waals surface area contributed by atoms with Gasteiger partial charge in [0, 0.05) is 30.7 Å². The van der Waals surface area contributed by atoms with Crippen LogP contribution in [-0.4, -0.2) is 41.9 Å². The van der Waals surface area contributed by atoms with E-state index in [0.29, 0.717) is 36.5 Å². The van der Waals surface area contributed by atoms with E-state index in [1.54, 1.807) is 23.1 Å². The van der Waals surface area contributed by atoms with Crippen molar-refractivity contribution in [1.29, 1.82) is 0 Å². The fraction of sp³-hybridized carbons (Fsp3) is 0.353. The number of nitrogens with zero attached hydrogens (tertiary/aromatic N) is 2. The molecule has 2 heterocycles. The molecule has 2 amide bonds. The number of benzene rings is 3. The molecule has 40 heavy (non-hydrogen) atoms. The van der Waals surface area contributed by atoms with Crippen molar-refractivity contribution in [2.24, 2.45) is 0 Å². The molecule has 0 saturated carbocycles. The summed E-state index contributed by atoms with van der Waals surface area (Å²) in [4.78, 5) is 30.6. The molecule has 1 N–H and O–H groups in total. The fourth-order valence-electron chi connectivity index (χ4n) is 5.78. The van der Waals surface area contributed by atoms with Crippen LogP contribution >= 0.6 is 0 Å². The molecule has 3 aromatic rings. The van der Waals surface area contributed by atoms with Crippen molar-refractivity contribution in [2.45, 2.75) is 65.1 Å². The fourth-order valence-corrected chi connectivity index (χ4v) is 5.78. The SMILES string of the molecule is Cc1cccc(CN2C(=O)/C(=C\c3ccc(C(=O)NCCCN4[C@H](C)CCC[C@H]4C)cc3)Oc3ccccc32)c1. The number of hydrogen-bond donors (Lipinski definition) is 1. The molecule has 6 heteroatoms. The Morgan fingerprint density at radius 3 is 2.50 bits per heavy atom. The third-order valence-electron chi connectivity index (χ3n) is 7.98. The van der Waals surface area contributed by atoms with Crippen molar-refractivity contribution < 1.29 is 14.3 Å². The van der Waals surface area contributed by atoms with Gasteiger partial charge in [-0.1, -0.05) is 60.5 Å². The molecular formula is C34H39N3O3. The van der Waals surface area contributed by atoms with Crippen molar-refractivity contribution in [3.8, 4) is 5.75 Å². The van der Waals surface area contributed by atoms with Crippen LogP contribution in [0.2, 0.25) is 0 Å². The molecule has 5 rings (SSSR count). The lowest BCUT2D eigenvalue weighted by Crippen LogP contribution is -2.44. The second kappa shape index (κ2) is 12.5. The lowest BCUT2D eigenvalue weighted by Gasteiger charge is -2.39. The van der Waals surface area contributed by atoms with E-state index in [1.807, 2.05) is 61.5 Å². The second-order valence-electron chi connectivity index (χ2n) is 11.1. The maximum atomic E-state index is 13.5. The number of ether oxygens (including phenoxy) is 1. The van der Waals surface area contributed by atoms with E-state index in [1.165, 1.54) is 19.3 Å². The predicted molar refractivity (Wildman–Crippen MR) is 160 cm³/mol. The van der Waals surface area contributed by atoms with E-state index in [4.69, 9.17) is 4.74 Å². The summed E-state index contributed by atoms with van der Waals surface area (Å²) >= 11 is 0. The Morgan fingerprint density at radius 2 is 1.75 bits per heavy atom. The van der Waals surface area contributed by atoms with E-state index < -0.39 is 0 Å². The van der Waals surface area contributed by atoms with Crippen LogP contribution < -0.4 is 15.0 Å². The van der Waals surface area contributed by atoms with Crippen molar-refractivity contribution in [3.63, 3.8) is 0 Å². The van der Waals surface area contributed by atoms with E-state index in [9.17, 15) is 9.59 Å². The monoisotopic (exact) mass is 537 g/mol. The molecule has 1 fully saturated rings. The maximum absolute atomic E-state index is 13.5. The van der Waals surface area contributed by atoms with Crippen LogP contribution in [0, 0.1) is 6.92 Å². The Bertz CT molecular complexity index is 1370. The summed E-state index contributed by atoms with van der Waals surface area (Å²) < 4.78 is 6.03. The number of rotatable bonds is 8. The summed E-state index contributed by atoms with van der Waals surface area (Å²) in [5.74, 6) is 0.622. The molecule has 0 aromatic heterocycles. The number of carbonyl (C=O) groups is 2. The second-order valence-corrected chi connectivity index (χ2v) is 11.1. The maximum Gasteiger partial charge on any atom is 0.294 e. The first-order chi connectivity index (χ1) is 19.4. The number of fused-ring (bicyclic) bond motifs is 1. The zero-order valence-electron chi connectivity index (χ0n) is 23.7. The van der Waals surface area contributed by atoms with Crippen LogP contribution in [0.1, 0.15) is 66.6 Å². The molecule has 0 bridgehead atoms. The summed E-state index contributed by atoms with van der Waals surface area (Å²) in [6.07, 6.45) is 6.50. The first kappa shape index (κ1) is 27.7. The van der Waals surface area contributed by atoms with Gasteiger partial charge in [-0.15, -0.1) is 0 Å². The smallest absolute Gasteiger partial charge is 0.294 e. The van der Waals surface area contributed by atoms with Gasteiger partial charge in [0.2, 0.25) is 0 Å². The average molecular weight is 538 g/mol. The molecule has 0 aliphatic carbocycles. The number of aryl methyl sites for hydroxylation is 1. The van der Waals surface area contributed by atoms with Gasteiger partial charge < -0.3 is 10.1 Å². The van der Waals surface area contributed by atoms with Crippen molar-refractivity contribution >= 4 is 23.6 Å². The van der Waals surface area contributed by atoms with Crippen LogP contribution in [0.4, 0.5) is 5.69 Å². The summed E-state index contributed by atoms with van der Waals surface area (Å²) in [5, 5.41) is 3.05. The highest BCUT2D eigenvalue weighted by Gasteiger charge is 2.30. The number of para-hydroxylation sites is 2. The van der Waals surface area contributed by atoms with Gasteiger partial charge in [0.1, 0.15) is 0 Å². The topological polar surface area (TPSA) is 61.9 Å². The van der Waals surface area contributed by atoms with Gasteiger partial charge >= 0.3 is 0 Å². The van der Waals surface area contributed by atoms with Gasteiger partial charge in [0.15, 0.2) is 11.5 Å². The van der Waals surface area contributed by atoms with Crippen LogP contribution in [0.5, 0.6) is 5.75 Å². The van der Waals surface area contributed by atoms with E-state index in [2.05, 4.69) is 30.1 Å². The summed E-state index contributed by atoms with van der Waals surface area (Å²) in [6.45, 7) is 8.76. The highest BCUT2D eigenvalue weighted by atomic mass is 16.5. The molecule has 2 atom stereocenters. The number of hydrogen-bond acceptors (Lipinski definition) is 4. The molecule has 0 unspecified atom stereocenters. The summed E-state index contributed by atoms with van der Waals surface area (Å²) in [5.41, 5.74) is 4.35. The van der Waals surface area contributed by atoms with Crippen molar-refractivity contribution in [3.05, 3.63) is 101 Å². The van der Waals surface area contributed by atoms with E-state index >= 15 is 0 Å². The zero-order chi connectivity index (χ0) is 28.1. The highest BCUT2D eigenvalue weighted by molar-refractivity contribution is 6.09. The zero-order valence-corrected chi connectivity index (χ0v) is 23.7. The molecule has 6 nitrogen and oxygen atoms in total. The summed E-state index contributed by atoms with van der Waals surface area (Å²) in [7, 11) is 0. The lowest BCUT2D eigenvalue weighted by atomic mass is 9.97. The third kappa shape index (κ3) is 6.45. The Labute approximate surface area is 237 Å². The third-order valence-corrected chi connectivity index (χ3v) is 7.98. The van der Waals surface area contributed by atoms with Gasteiger partial charge in [0.05, 0.1) is 12.2 Å². The molecule has 208 valence electrons. The Morgan fingerprint density at radius 1 is 1.00 bits per heavy atom. The van der Waals surface area contributed by atoms with Crippen LogP contribution in [0.25, 0.3) is 6.08 Å². The van der Waals surface area contributed by atoms with Gasteiger partial charge in [-0.25, -0.2) is 0 Å². The molecule has 0 radical (unpaired) electrons. The molecule has 1 saturated heterocycles. The Balaban J connectivity index is 1.22. The van der Waals surface area contributed by atoms with Crippen molar-refractivity contribution in [2.75, 3.05) is 18.0 Å². The van der Waals surface area contributed by atoms with E-state index in [0.717, 1.165) is 35.3 Å². The van der Waals surface area contributed by atoms with Gasteiger partial charge in [0.25, 0.3) is 11.8 Å². The minimum absolute atomic E-state index is 0.0813. The van der Waals surface area contributed by atoms with Crippen LogP contribution in [-0.2, 0) is 11.3 Å². The van der Waals surface area contributed by atoms with Gasteiger partial charge in [-0.3, -0.25) is 19.4 Å². The predicted octanol–water partition coefficient (Wildman–Crippen LogP) is 6.34. The molecule has 0 spiro atoms. The summed E-state index contributed by atoms with van der Waals surface area (Å²) in [6, 6.07) is 24.3. The number of nitrogens with one attached hydrogen (secondary N) is 1. The van der Waals surface area contributed by atoms with Gasteiger partial charge in [-0.2, -0.15) is 0 Å². The first-order valence-corrected chi connectivity index (χ1v) is 14.4. The molecular weight excluding hydrogens is 498 g/mol. The minimum atomic E-state index is -0.195. The largest absolute Gasteiger partial charge is 0.449 e. The lowest BCUT2D eigenvalue weighted by molar-refractivity contribution is -0.117. The van der Waals surface area contributed by atoms with E-state index in [-0.39, 0.29) is 17.6 Å².